The molecular formula is C28H30Cl3N3O4S. The standard InChI is InChI=1S/C28H30Cl3N3O4S/c1-4-25(28(36)32-5-2)33(17-21-23(30)14-9-15-24(21)31)27(35)18-34(26-16-10-13-22(29)19(26)3)39(37,38)20-11-7-6-8-12-20/h6-16,25H,4-5,17-18H2,1-3H3,(H,32,36)/t25-/m1/s1. The number of nitrogens with one attached hydrogen (secondary N) is 1. The molecule has 3 aromatic carbocycles. The van der Waals surface area contributed by atoms with E-state index < -0.39 is 28.5 Å². The maximum atomic E-state index is 14.1. The number of carbonyl (C=O) groups excluding carboxylic acids is 2. The number of sulfonamides is 1. The molecule has 208 valence electrons. The van der Waals surface area contributed by atoms with E-state index in [1.54, 1.807) is 75.4 Å². The van der Waals surface area contributed by atoms with Gasteiger partial charge in [-0.25, -0.2) is 8.42 Å². The first-order valence-electron chi connectivity index (χ1n) is 12.4. The van der Waals surface area contributed by atoms with Gasteiger partial charge in [0, 0.05) is 33.7 Å². The molecule has 0 saturated carbocycles. The maximum absolute atomic E-state index is 14.1. The number of hydrogen-bond acceptors (Lipinski definition) is 4. The largest absolute Gasteiger partial charge is 0.355 e. The average molecular weight is 611 g/mol. The molecule has 0 heterocycles. The minimum Gasteiger partial charge on any atom is -0.355 e. The smallest absolute Gasteiger partial charge is 0.264 e. The summed E-state index contributed by atoms with van der Waals surface area (Å²) in [6.45, 7) is 4.91. The first-order valence-corrected chi connectivity index (χ1v) is 14.9. The van der Waals surface area contributed by atoms with Crippen LogP contribution in [0.2, 0.25) is 15.1 Å². The first-order chi connectivity index (χ1) is 18.5. The Balaban J connectivity index is 2.13. The fourth-order valence-corrected chi connectivity index (χ4v) is 6.34. The zero-order valence-electron chi connectivity index (χ0n) is 21.8. The van der Waals surface area contributed by atoms with Crippen molar-refractivity contribution in [2.24, 2.45) is 0 Å². The van der Waals surface area contributed by atoms with Crippen LogP contribution in [0.1, 0.15) is 31.4 Å². The summed E-state index contributed by atoms with van der Waals surface area (Å²) in [5.41, 5.74) is 1.19. The van der Waals surface area contributed by atoms with E-state index in [2.05, 4.69) is 5.32 Å². The van der Waals surface area contributed by atoms with Crippen LogP contribution in [0.3, 0.4) is 0 Å². The molecule has 0 aliphatic carbocycles. The lowest BCUT2D eigenvalue weighted by molar-refractivity contribution is -0.140. The fourth-order valence-electron chi connectivity index (χ4n) is 4.16. The monoisotopic (exact) mass is 609 g/mol. The van der Waals surface area contributed by atoms with Gasteiger partial charge in [0.2, 0.25) is 11.8 Å². The van der Waals surface area contributed by atoms with E-state index in [4.69, 9.17) is 34.8 Å². The van der Waals surface area contributed by atoms with Crippen LogP contribution in [0.25, 0.3) is 0 Å². The van der Waals surface area contributed by atoms with Crippen molar-refractivity contribution in [3.05, 3.63) is 92.9 Å². The van der Waals surface area contributed by atoms with Gasteiger partial charge in [-0.1, -0.05) is 72.1 Å². The summed E-state index contributed by atoms with van der Waals surface area (Å²) in [5.74, 6) is -0.976. The second kappa shape index (κ2) is 13.5. The van der Waals surface area contributed by atoms with Crippen LogP contribution < -0.4 is 9.62 Å². The van der Waals surface area contributed by atoms with Gasteiger partial charge in [-0.3, -0.25) is 13.9 Å². The minimum absolute atomic E-state index is 0.00800. The third kappa shape index (κ3) is 7.06. The van der Waals surface area contributed by atoms with Gasteiger partial charge in [0.25, 0.3) is 10.0 Å². The number of benzene rings is 3. The van der Waals surface area contributed by atoms with Gasteiger partial charge in [0.15, 0.2) is 0 Å². The molecule has 7 nitrogen and oxygen atoms in total. The third-order valence-corrected chi connectivity index (χ3v) is 9.14. The quantitative estimate of drug-likeness (QED) is 0.285. The van der Waals surface area contributed by atoms with Crippen LogP contribution in [0, 0.1) is 6.92 Å². The van der Waals surface area contributed by atoms with E-state index in [1.807, 2.05) is 0 Å². The first kappa shape index (κ1) is 30.8. The van der Waals surface area contributed by atoms with Crippen molar-refractivity contribution in [2.75, 3.05) is 17.4 Å². The molecule has 1 N–H and O–H groups in total. The maximum Gasteiger partial charge on any atom is 0.264 e. The lowest BCUT2D eigenvalue weighted by atomic mass is 10.1. The summed E-state index contributed by atoms with van der Waals surface area (Å²) in [4.78, 5) is 28.4. The SMILES string of the molecule is CCNC(=O)[C@@H](CC)N(Cc1c(Cl)cccc1Cl)C(=O)CN(c1cccc(Cl)c1C)S(=O)(=O)c1ccccc1. The highest BCUT2D eigenvalue weighted by atomic mass is 35.5. The molecule has 0 bridgehead atoms. The molecule has 0 aliphatic rings. The number of likely N-dealkylation sites (N-methyl/N-ethyl adjacent to an activating group) is 1. The van der Waals surface area contributed by atoms with Crippen LogP contribution in [0.5, 0.6) is 0 Å². The van der Waals surface area contributed by atoms with Crippen molar-refractivity contribution in [1.29, 1.82) is 0 Å². The molecule has 0 spiro atoms. The van der Waals surface area contributed by atoms with Crippen LogP contribution in [-0.2, 0) is 26.2 Å². The Morgan fingerprint density at radius 3 is 2.05 bits per heavy atom. The van der Waals surface area contributed by atoms with E-state index >= 15 is 0 Å². The molecule has 0 saturated heterocycles. The molecule has 0 radical (unpaired) electrons. The second-order valence-corrected chi connectivity index (χ2v) is 11.8. The van der Waals surface area contributed by atoms with Crippen molar-refractivity contribution in [2.45, 2.75) is 44.7 Å². The normalized spacial score (nSPS) is 12.1. The number of amides is 2. The predicted molar refractivity (Wildman–Crippen MR) is 157 cm³/mol. The molecule has 3 aromatic rings. The van der Waals surface area contributed by atoms with Crippen molar-refractivity contribution in [3.63, 3.8) is 0 Å². The highest BCUT2D eigenvalue weighted by Crippen LogP contribution is 2.32. The van der Waals surface area contributed by atoms with Gasteiger partial charge in [-0.2, -0.15) is 0 Å². The average Bonchev–Trinajstić information content (AvgIpc) is 2.91. The summed E-state index contributed by atoms with van der Waals surface area (Å²) < 4.78 is 28.8. The Morgan fingerprint density at radius 2 is 1.46 bits per heavy atom. The highest BCUT2D eigenvalue weighted by Gasteiger charge is 2.34. The summed E-state index contributed by atoms with van der Waals surface area (Å²) in [6, 6.07) is 16.7. The Kier molecular flexibility index (Phi) is 10.7. The lowest BCUT2D eigenvalue weighted by Gasteiger charge is -2.34. The molecule has 2 amide bonds. The number of halogens is 3. The topological polar surface area (TPSA) is 86.8 Å². The van der Waals surface area contributed by atoms with Crippen molar-refractivity contribution in [3.8, 4) is 0 Å². The number of anilines is 1. The van der Waals surface area contributed by atoms with E-state index in [0.29, 0.717) is 32.7 Å². The molecule has 11 heteroatoms. The molecule has 0 aromatic heterocycles. The van der Waals surface area contributed by atoms with Crippen molar-refractivity contribution in [1.82, 2.24) is 10.2 Å². The van der Waals surface area contributed by atoms with Gasteiger partial charge in [0.05, 0.1) is 10.6 Å². The van der Waals surface area contributed by atoms with E-state index in [9.17, 15) is 18.0 Å². The minimum atomic E-state index is -4.20. The van der Waals surface area contributed by atoms with Gasteiger partial charge in [-0.05, 0) is 62.2 Å². The molecule has 3 rings (SSSR count). The summed E-state index contributed by atoms with van der Waals surface area (Å²) in [7, 11) is -4.20. The van der Waals surface area contributed by atoms with Gasteiger partial charge in [-0.15, -0.1) is 0 Å². The van der Waals surface area contributed by atoms with Gasteiger partial charge in [0.1, 0.15) is 12.6 Å². The van der Waals surface area contributed by atoms with Crippen LogP contribution in [-0.4, -0.2) is 44.3 Å². The Hall–Kier alpha value is -2.78. The molecule has 0 fully saturated rings. The van der Waals surface area contributed by atoms with Crippen LogP contribution in [0.4, 0.5) is 5.69 Å². The summed E-state index contributed by atoms with van der Waals surface area (Å²) >= 11 is 19.2. The molecule has 0 aliphatic heterocycles. The molecular weight excluding hydrogens is 581 g/mol. The number of carbonyl (C=O) groups is 2. The second-order valence-electron chi connectivity index (χ2n) is 8.75. The lowest BCUT2D eigenvalue weighted by Crippen LogP contribution is -2.52. The molecule has 39 heavy (non-hydrogen) atoms. The van der Waals surface area contributed by atoms with Gasteiger partial charge < -0.3 is 10.2 Å². The highest BCUT2D eigenvalue weighted by molar-refractivity contribution is 7.92. The predicted octanol–water partition coefficient (Wildman–Crippen LogP) is 6.09. The zero-order chi connectivity index (χ0) is 28.7. The third-order valence-electron chi connectivity index (χ3n) is 6.24. The molecule has 0 unspecified atom stereocenters. The van der Waals surface area contributed by atoms with Crippen molar-refractivity contribution < 1.29 is 18.0 Å². The number of rotatable bonds is 11. The Bertz CT molecular complexity index is 1410. The number of nitrogens with zero attached hydrogens (tertiary/aromatic N) is 2. The van der Waals surface area contributed by atoms with E-state index in [-0.39, 0.29) is 29.5 Å². The van der Waals surface area contributed by atoms with Crippen LogP contribution in [0.15, 0.2) is 71.6 Å². The fraction of sp³-hybridized carbons (Fsp3) is 0.286. The van der Waals surface area contributed by atoms with E-state index in [1.165, 1.54) is 17.0 Å². The number of hydrogen-bond donors (Lipinski definition) is 1. The van der Waals surface area contributed by atoms with Gasteiger partial charge >= 0.3 is 0 Å². The van der Waals surface area contributed by atoms with E-state index in [0.717, 1.165) is 4.31 Å². The zero-order valence-corrected chi connectivity index (χ0v) is 24.9. The van der Waals surface area contributed by atoms with Crippen molar-refractivity contribution >= 4 is 62.3 Å². The molecule has 1 atom stereocenters. The summed E-state index contributed by atoms with van der Waals surface area (Å²) in [6.07, 6.45) is 0.279. The Morgan fingerprint density at radius 1 is 0.872 bits per heavy atom. The van der Waals surface area contributed by atoms with Crippen LogP contribution >= 0.6 is 34.8 Å². The Labute approximate surface area is 244 Å². The summed E-state index contributed by atoms with van der Waals surface area (Å²) in [5, 5.41) is 3.75.